The van der Waals surface area contributed by atoms with E-state index in [-0.39, 0.29) is 27.9 Å². The Morgan fingerprint density at radius 2 is 1.90 bits per heavy atom. The van der Waals surface area contributed by atoms with Crippen LogP contribution in [0.15, 0.2) is 30.3 Å². The minimum Gasteiger partial charge on any atom is -0.481 e. The fraction of sp³-hybridized carbons (Fsp3) is 0.417. The van der Waals surface area contributed by atoms with Gasteiger partial charge in [-0.3, -0.25) is 4.79 Å². The van der Waals surface area contributed by atoms with Gasteiger partial charge in [0.05, 0.1) is 0 Å². The minimum absolute atomic E-state index is 0.0720. The number of nitrogens with zero attached hydrogens (tertiary/aromatic N) is 1. The molecule has 0 radical (unpaired) electrons. The summed E-state index contributed by atoms with van der Waals surface area (Å²) in [5, 5.41) is 9.59. The van der Waals surface area contributed by atoms with Crippen molar-refractivity contribution in [2.45, 2.75) is 51.7 Å². The number of carboxylic acids is 1. The summed E-state index contributed by atoms with van der Waals surface area (Å²) in [5.74, 6) is -3.51. The zero-order chi connectivity index (χ0) is 22.7. The number of carbonyl (C=O) groups is 2. The van der Waals surface area contributed by atoms with Gasteiger partial charge in [0.15, 0.2) is 11.6 Å². The summed E-state index contributed by atoms with van der Waals surface area (Å²) in [6.07, 6.45) is 0.0385. The van der Waals surface area contributed by atoms with Crippen LogP contribution in [-0.4, -0.2) is 40.1 Å². The van der Waals surface area contributed by atoms with Crippen LogP contribution in [-0.2, 0) is 9.59 Å². The Labute approximate surface area is 180 Å². The summed E-state index contributed by atoms with van der Waals surface area (Å²) in [7, 11) is 0. The lowest BCUT2D eigenvalue weighted by atomic mass is 9.89. The number of fused-ring (bicyclic) bond motifs is 1. The topological polar surface area (TPSA) is 80.4 Å². The van der Waals surface area contributed by atoms with Crippen molar-refractivity contribution in [2.75, 3.05) is 6.54 Å². The Hall–Kier alpha value is -2.64. The monoisotopic (exact) mass is 429 g/mol. The Kier molecular flexibility index (Phi) is 5.22. The van der Waals surface area contributed by atoms with Crippen molar-refractivity contribution in [3.8, 4) is 11.1 Å². The van der Waals surface area contributed by atoms with Gasteiger partial charge in [-0.05, 0) is 54.7 Å². The Morgan fingerprint density at radius 1 is 1.26 bits per heavy atom. The number of amides is 1. The first-order valence-corrected chi connectivity index (χ1v) is 10.5. The molecule has 31 heavy (non-hydrogen) atoms. The molecule has 2 aromatic carbocycles. The number of hydrogen-bond acceptors (Lipinski definition) is 3. The number of carboxylic acid groups (broad SMARTS) is 1. The smallest absolute Gasteiger partial charge is 0.331 e. The van der Waals surface area contributed by atoms with Crippen molar-refractivity contribution in [3.05, 3.63) is 58.7 Å². The SMILES string of the molecule is Cc1cccc(C)c1-c1cc(F)c(F)c([C@H](CC(=O)O)[N+]23CC2C(C)C[C@H](N)C3=O)c1. The molecule has 3 unspecified atom stereocenters. The average molecular weight is 429 g/mol. The number of quaternary nitrogens is 1. The molecule has 3 N–H and O–H groups in total. The highest BCUT2D eigenvalue weighted by molar-refractivity contribution is 5.79. The standard InChI is InChI=1S/C24H26F2N2O3/c1-12-5-4-6-13(2)22(12)15-8-16(23(26)17(25)9-15)19(10-21(29)30)28-11-20(28)14(3)7-18(27)24(28)31/h4-6,8-9,14,18-20H,7,10-11,27H2,1-3H3/p+1/t14?,18-,19-,20?,28?/m0/s1. The van der Waals surface area contributed by atoms with E-state index in [1.54, 1.807) is 0 Å². The van der Waals surface area contributed by atoms with Gasteiger partial charge in [0.1, 0.15) is 31.1 Å². The average Bonchev–Trinajstić information content (AvgIpc) is 3.44. The first kappa shape index (κ1) is 21.6. The lowest BCUT2D eigenvalue weighted by Gasteiger charge is -2.35. The number of piperidine rings is 1. The molecule has 164 valence electrons. The van der Waals surface area contributed by atoms with Gasteiger partial charge in [0.2, 0.25) is 0 Å². The first-order chi connectivity index (χ1) is 14.6. The molecule has 2 aliphatic heterocycles. The zero-order valence-corrected chi connectivity index (χ0v) is 17.9. The molecule has 0 bridgehead atoms. The lowest BCUT2D eigenvalue weighted by Crippen LogP contribution is -2.54. The highest BCUT2D eigenvalue weighted by Gasteiger charge is 2.71. The second-order valence-electron chi connectivity index (χ2n) is 9.08. The third kappa shape index (κ3) is 3.36. The number of halogens is 2. The van der Waals surface area contributed by atoms with E-state index in [1.807, 2.05) is 39.0 Å². The Bertz CT molecular complexity index is 1070. The quantitative estimate of drug-likeness (QED) is 0.559. The van der Waals surface area contributed by atoms with Gasteiger partial charge >= 0.3 is 11.9 Å². The molecule has 2 heterocycles. The number of aryl methyl sites for hydroxylation is 2. The normalized spacial score (nSPS) is 28.2. The van der Waals surface area contributed by atoms with Gasteiger partial charge in [0, 0.05) is 11.5 Å². The van der Waals surface area contributed by atoms with Crippen LogP contribution in [0.2, 0.25) is 0 Å². The van der Waals surface area contributed by atoms with Gasteiger partial charge in [0.25, 0.3) is 0 Å². The maximum absolute atomic E-state index is 15.1. The van der Waals surface area contributed by atoms with E-state index >= 15 is 4.39 Å². The number of aliphatic carboxylic acids is 1. The Morgan fingerprint density at radius 3 is 2.52 bits per heavy atom. The van der Waals surface area contributed by atoms with Gasteiger partial charge in [-0.25, -0.2) is 18.1 Å². The summed E-state index contributed by atoms with van der Waals surface area (Å²) >= 11 is 0. The van der Waals surface area contributed by atoms with Gasteiger partial charge < -0.3 is 10.8 Å². The van der Waals surface area contributed by atoms with E-state index in [4.69, 9.17) is 5.73 Å². The molecule has 5 nitrogen and oxygen atoms in total. The molecule has 1 amide bonds. The van der Waals surface area contributed by atoms with Crippen molar-refractivity contribution in [3.63, 3.8) is 0 Å². The maximum atomic E-state index is 15.1. The minimum atomic E-state index is -1.17. The predicted octanol–water partition coefficient (Wildman–Crippen LogP) is 3.86. The third-order valence-electron chi connectivity index (χ3n) is 7.07. The molecule has 7 heteroatoms. The van der Waals surface area contributed by atoms with Crippen molar-refractivity contribution < 1.29 is 28.0 Å². The first-order valence-electron chi connectivity index (χ1n) is 10.5. The number of rotatable bonds is 5. The van der Waals surface area contributed by atoms with Crippen LogP contribution in [0.4, 0.5) is 8.78 Å². The summed E-state index contributed by atoms with van der Waals surface area (Å²) in [5.41, 5.74) is 9.03. The van der Waals surface area contributed by atoms with Gasteiger partial charge in [-0.1, -0.05) is 25.1 Å². The highest BCUT2D eigenvalue weighted by Crippen LogP contribution is 2.53. The molecule has 2 aromatic rings. The van der Waals surface area contributed by atoms with Crippen LogP contribution in [0.1, 0.15) is 42.5 Å². The molecule has 2 saturated heterocycles. The van der Waals surface area contributed by atoms with E-state index in [0.717, 1.165) is 22.8 Å². The molecule has 0 aliphatic carbocycles. The van der Waals surface area contributed by atoms with Crippen LogP contribution in [0.25, 0.3) is 11.1 Å². The molecule has 4 rings (SSSR count). The highest BCUT2D eigenvalue weighted by atomic mass is 19.2. The summed E-state index contributed by atoms with van der Waals surface area (Å²) in [6.45, 7) is 6.14. The van der Waals surface area contributed by atoms with Crippen molar-refractivity contribution >= 4 is 11.9 Å². The summed E-state index contributed by atoms with van der Waals surface area (Å²) < 4.78 is 29.7. The summed E-state index contributed by atoms with van der Waals surface area (Å²) in [4.78, 5) is 24.9. The molecule has 0 saturated carbocycles. The van der Waals surface area contributed by atoms with E-state index in [9.17, 15) is 19.1 Å². The molecular formula is C24H27F2N2O3+. The fourth-order valence-electron chi connectivity index (χ4n) is 5.58. The number of hydrogen-bond donors (Lipinski definition) is 2. The fourth-order valence-corrected chi connectivity index (χ4v) is 5.58. The summed E-state index contributed by atoms with van der Waals surface area (Å²) in [6, 6.07) is 6.42. The van der Waals surface area contributed by atoms with Gasteiger partial charge in [-0.2, -0.15) is 0 Å². The van der Waals surface area contributed by atoms with Crippen LogP contribution >= 0.6 is 0 Å². The number of carbonyl (C=O) groups excluding carboxylic acids is 1. The van der Waals surface area contributed by atoms with E-state index in [1.165, 1.54) is 6.07 Å². The molecular weight excluding hydrogens is 402 g/mol. The molecule has 0 aromatic heterocycles. The molecule has 0 spiro atoms. The van der Waals surface area contributed by atoms with Crippen molar-refractivity contribution in [1.82, 2.24) is 0 Å². The van der Waals surface area contributed by atoms with E-state index in [2.05, 4.69) is 0 Å². The second kappa shape index (κ2) is 7.50. The van der Waals surface area contributed by atoms with Crippen molar-refractivity contribution in [1.29, 1.82) is 0 Å². The van der Waals surface area contributed by atoms with Gasteiger partial charge in [-0.15, -0.1) is 0 Å². The lowest BCUT2D eigenvalue weighted by molar-refractivity contribution is -0.776. The largest absolute Gasteiger partial charge is 0.481 e. The predicted molar refractivity (Wildman–Crippen MR) is 112 cm³/mol. The molecule has 2 fully saturated rings. The second-order valence-corrected chi connectivity index (χ2v) is 9.08. The number of benzene rings is 2. The Balaban J connectivity index is 1.90. The van der Waals surface area contributed by atoms with Crippen LogP contribution < -0.4 is 5.73 Å². The zero-order valence-electron chi connectivity index (χ0n) is 17.9. The van der Waals surface area contributed by atoms with Crippen LogP contribution in [0.3, 0.4) is 0 Å². The van der Waals surface area contributed by atoms with Crippen LogP contribution in [0.5, 0.6) is 0 Å². The molecule has 5 atom stereocenters. The molecule has 2 aliphatic rings. The van der Waals surface area contributed by atoms with E-state index < -0.39 is 36.1 Å². The van der Waals surface area contributed by atoms with Crippen LogP contribution in [0, 0.1) is 31.4 Å². The number of nitrogens with two attached hydrogens (primary N) is 1. The van der Waals surface area contributed by atoms with Crippen molar-refractivity contribution in [2.24, 2.45) is 11.7 Å². The van der Waals surface area contributed by atoms with E-state index in [0.29, 0.717) is 18.5 Å². The third-order valence-corrected chi connectivity index (χ3v) is 7.07. The maximum Gasteiger partial charge on any atom is 0.331 e.